The SMILES string of the molecule is CCCNCC1CCC1CCCS(=O)(=O)CC. The summed E-state index contributed by atoms with van der Waals surface area (Å²) in [5.74, 6) is 2.24. The van der Waals surface area contributed by atoms with Crippen LogP contribution < -0.4 is 5.32 Å². The summed E-state index contributed by atoms with van der Waals surface area (Å²) in [6, 6.07) is 0. The van der Waals surface area contributed by atoms with Gasteiger partial charge in [0.2, 0.25) is 0 Å². The minimum atomic E-state index is -2.75. The van der Waals surface area contributed by atoms with Gasteiger partial charge < -0.3 is 5.32 Å². The lowest BCUT2D eigenvalue weighted by atomic mass is 9.71. The number of hydrogen-bond acceptors (Lipinski definition) is 3. The Labute approximate surface area is 106 Å². The molecule has 0 aromatic carbocycles. The average Bonchev–Trinajstić information content (AvgIpc) is 2.28. The Morgan fingerprint density at radius 3 is 2.41 bits per heavy atom. The maximum Gasteiger partial charge on any atom is 0.150 e. The molecule has 1 rings (SSSR count). The molecule has 0 aliphatic heterocycles. The molecule has 3 nitrogen and oxygen atoms in total. The molecule has 0 aromatic rings. The van der Waals surface area contributed by atoms with Gasteiger partial charge in [-0.1, -0.05) is 13.8 Å². The summed E-state index contributed by atoms with van der Waals surface area (Å²) in [5, 5.41) is 3.47. The second kappa shape index (κ2) is 7.37. The van der Waals surface area contributed by atoms with E-state index in [9.17, 15) is 8.42 Å². The van der Waals surface area contributed by atoms with E-state index >= 15 is 0 Å². The lowest BCUT2D eigenvalue weighted by Gasteiger charge is -2.37. The molecule has 4 heteroatoms. The maximum absolute atomic E-state index is 11.4. The molecule has 1 saturated carbocycles. The molecule has 102 valence electrons. The molecule has 0 bridgehead atoms. The van der Waals surface area contributed by atoms with Gasteiger partial charge >= 0.3 is 0 Å². The molecule has 0 radical (unpaired) electrons. The van der Waals surface area contributed by atoms with Gasteiger partial charge in [-0.25, -0.2) is 8.42 Å². The minimum absolute atomic E-state index is 0.291. The Balaban J connectivity index is 2.11. The standard InChI is InChI=1S/C13H27NO2S/c1-3-9-14-11-13-8-7-12(13)6-5-10-17(15,16)4-2/h12-14H,3-11H2,1-2H3. The quantitative estimate of drug-likeness (QED) is 0.647. The fraction of sp³-hybridized carbons (Fsp3) is 1.00. The lowest BCUT2D eigenvalue weighted by Crippen LogP contribution is -2.35. The summed E-state index contributed by atoms with van der Waals surface area (Å²) in [6.45, 7) is 6.14. The molecule has 1 N–H and O–H groups in total. The van der Waals surface area contributed by atoms with Crippen LogP contribution in [0, 0.1) is 11.8 Å². The van der Waals surface area contributed by atoms with Crippen molar-refractivity contribution >= 4 is 9.84 Å². The van der Waals surface area contributed by atoms with E-state index in [1.165, 1.54) is 19.3 Å². The first-order valence-corrected chi connectivity index (χ1v) is 8.82. The van der Waals surface area contributed by atoms with Gasteiger partial charge in [0.1, 0.15) is 9.84 Å². The largest absolute Gasteiger partial charge is 0.316 e. The van der Waals surface area contributed by atoms with Gasteiger partial charge in [0.05, 0.1) is 5.75 Å². The number of rotatable bonds is 9. The van der Waals surface area contributed by atoms with Crippen molar-refractivity contribution in [3.05, 3.63) is 0 Å². The molecular formula is C13H27NO2S. The highest BCUT2D eigenvalue weighted by Crippen LogP contribution is 2.37. The third-order valence-corrected chi connectivity index (χ3v) is 5.67. The van der Waals surface area contributed by atoms with Gasteiger partial charge in [0, 0.05) is 5.75 Å². The average molecular weight is 261 g/mol. The van der Waals surface area contributed by atoms with Crippen LogP contribution in [0.4, 0.5) is 0 Å². The van der Waals surface area contributed by atoms with Crippen LogP contribution in [0.3, 0.4) is 0 Å². The third kappa shape index (κ3) is 5.38. The molecular weight excluding hydrogens is 234 g/mol. The van der Waals surface area contributed by atoms with Crippen LogP contribution in [0.2, 0.25) is 0 Å². The van der Waals surface area contributed by atoms with Crippen molar-refractivity contribution < 1.29 is 8.42 Å². The Morgan fingerprint density at radius 1 is 1.18 bits per heavy atom. The first-order valence-electron chi connectivity index (χ1n) is 7.00. The number of nitrogens with one attached hydrogen (secondary N) is 1. The number of hydrogen-bond donors (Lipinski definition) is 1. The summed E-state index contributed by atoms with van der Waals surface area (Å²) in [5.41, 5.74) is 0. The van der Waals surface area contributed by atoms with Crippen molar-refractivity contribution in [1.29, 1.82) is 0 Å². The highest BCUT2D eigenvalue weighted by molar-refractivity contribution is 7.91. The van der Waals surface area contributed by atoms with Crippen LogP contribution in [-0.2, 0) is 9.84 Å². The van der Waals surface area contributed by atoms with E-state index < -0.39 is 9.84 Å². The molecule has 1 aliphatic carbocycles. The molecule has 17 heavy (non-hydrogen) atoms. The summed E-state index contributed by atoms with van der Waals surface area (Å²) in [7, 11) is -2.75. The minimum Gasteiger partial charge on any atom is -0.316 e. The zero-order valence-corrected chi connectivity index (χ0v) is 12.1. The Morgan fingerprint density at radius 2 is 1.88 bits per heavy atom. The molecule has 0 spiro atoms. The molecule has 0 aromatic heterocycles. The van der Waals surface area contributed by atoms with Crippen LogP contribution in [-0.4, -0.2) is 33.0 Å². The monoisotopic (exact) mass is 261 g/mol. The first-order chi connectivity index (χ1) is 8.09. The van der Waals surface area contributed by atoms with Crippen LogP contribution in [0.5, 0.6) is 0 Å². The summed E-state index contributed by atoms with van der Waals surface area (Å²) < 4.78 is 22.7. The van der Waals surface area contributed by atoms with Crippen LogP contribution in [0.25, 0.3) is 0 Å². The summed E-state index contributed by atoms with van der Waals surface area (Å²) in [6.07, 6.45) is 5.75. The molecule has 1 aliphatic rings. The fourth-order valence-electron chi connectivity index (χ4n) is 2.46. The van der Waals surface area contributed by atoms with Crippen molar-refractivity contribution in [2.24, 2.45) is 11.8 Å². The Hall–Kier alpha value is -0.0900. The highest BCUT2D eigenvalue weighted by Gasteiger charge is 2.29. The van der Waals surface area contributed by atoms with E-state index in [0.29, 0.717) is 11.5 Å². The van der Waals surface area contributed by atoms with Crippen molar-refractivity contribution in [2.75, 3.05) is 24.6 Å². The second-order valence-electron chi connectivity index (χ2n) is 5.18. The predicted octanol–water partition coefficient (Wildman–Crippen LogP) is 2.23. The van der Waals surface area contributed by atoms with Crippen molar-refractivity contribution in [3.8, 4) is 0 Å². The third-order valence-electron chi connectivity index (χ3n) is 3.88. The van der Waals surface area contributed by atoms with E-state index in [1.54, 1.807) is 6.92 Å². The molecule has 2 unspecified atom stereocenters. The molecule has 0 saturated heterocycles. The van der Waals surface area contributed by atoms with Gasteiger partial charge in [-0.3, -0.25) is 0 Å². The van der Waals surface area contributed by atoms with Crippen LogP contribution >= 0.6 is 0 Å². The van der Waals surface area contributed by atoms with Gasteiger partial charge in [-0.2, -0.15) is 0 Å². The number of sulfone groups is 1. The normalized spacial score (nSPS) is 24.6. The lowest BCUT2D eigenvalue weighted by molar-refractivity contribution is 0.159. The molecule has 0 amide bonds. The predicted molar refractivity (Wildman–Crippen MR) is 72.9 cm³/mol. The summed E-state index contributed by atoms with van der Waals surface area (Å²) in [4.78, 5) is 0. The first kappa shape index (κ1) is 15.0. The summed E-state index contributed by atoms with van der Waals surface area (Å²) >= 11 is 0. The van der Waals surface area contributed by atoms with Gasteiger partial charge in [-0.05, 0) is 57.0 Å². The van der Waals surface area contributed by atoms with Gasteiger partial charge in [0.15, 0.2) is 0 Å². The van der Waals surface area contributed by atoms with Crippen molar-refractivity contribution in [1.82, 2.24) is 5.32 Å². The molecule has 2 atom stereocenters. The molecule has 1 fully saturated rings. The van der Waals surface area contributed by atoms with Crippen molar-refractivity contribution in [2.45, 2.75) is 46.0 Å². The van der Waals surface area contributed by atoms with E-state index in [-0.39, 0.29) is 0 Å². The van der Waals surface area contributed by atoms with E-state index in [0.717, 1.165) is 37.8 Å². The van der Waals surface area contributed by atoms with Crippen LogP contribution in [0.1, 0.15) is 46.0 Å². The van der Waals surface area contributed by atoms with E-state index in [2.05, 4.69) is 12.2 Å². The van der Waals surface area contributed by atoms with Crippen molar-refractivity contribution in [3.63, 3.8) is 0 Å². The van der Waals surface area contributed by atoms with E-state index in [4.69, 9.17) is 0 Å². The zero-order valence-electron chi connectivity index (χ0n) is 11.2. The second-order valence-corrected chi connectivity index (χ2v) is 7.65. The highest BCUT2D eigenvalue weighted by atomic mass is 32.2. The Kier molecular flexibility index (Phi) is 6.49. The van der Waals surface area contributed by atoms with Crippen LogP contribution in [0.15, 0.2) is 0 Å². The zero-order chi connectivity index (χ0) is 12.7. The molecule has 0 heterocycles. The smallest absolute Gasteiger partial charge is 0.150 e. The maximum atomic E-state index is 11.4. The van der Waals surface area contributed by atoms with Gasteiger partial charge in [-0.15, -0.1) is 0 Å². The van der Waals surface area contributed by atoms with Gasteiger partial charge in [0.25, 0.3) is 0 Å². The Bertz CT molecular complexity index is 301. The van der Waals surface area contributed by atoms with E-state index in [1.807, 2.05) is 0 Å². The topological polar surface area (TPSA) is 46.2 Å². The fourth-order valence-corrected chi connectivity index (χ4v) is 3.36.